The zero-order valence-corrected chi connectivity index (χ0v) is 21.6. The molecule has 0 spiro atoms. The van der Waals surface area contributed by atoms with Gasteiger partial charge >= 0.3 is 0 Å². The molecule has 7 nitrogen and oxygen atoms in total. The minimum Gasteiger partial charge on any atom is -0.383 e. The maximum Gasteiger partial charge on any atom is 0.263 e. The molecule has 1 saturated carbocycles. The second kappa shape index (κ2) is 8.83. The number of rotatable bonds is 4. The average Bonchev–Trinajstić information content (AvgIpc) is 3.30. The van der Waals surface area contributed by atoms with E-state index in [1.54, 1.807) is 0 Å². The average molecular weight is 493 g/mol. The Morgan fingerprint density at radius 3 is 2.41 bits per heavy atom. The fraction of sp³-hybridized carbons (Fsp3) is 0.333. The predicted molar refractivity (Wildman–Crippen MR) is 148 cm³/mol. The van der Waals surface area contributed by atoms with Gasteiger partial charge in [0.2, 0.25) is 0 Å². The van der Waals surface area contributed by atoms with Crippen LogP contribution in [0.1, 0.15) is 69.1 Å². The monoisotopic (exact) mass is 492 g/mol. The van der Waals surface area contributed by atoms with Gasteiger partial charge in [0.1, 0.15) is 11.6 Å². The van der Waals surface area contributed by atoms with Crippen LogP contribution < -0.4 is 11.3 Å². The number of aromatic nitrogens is 5. The molecule has 188 valence electrons. The van der Waals surface area contributed by atoms with Gasteiger partial charge in [0.05, 0.1) is 22.3 Å². The molecule has 0 aliphatic heterocycles. The Balaban J connectivity index is 1.66. The maximum atomic E-state index is 13.9. The van der Waals surface area contributed by atoms with Crippen LogP contribution in [0.25, 0.3) is 27.5 Å². The van der Waals surface area contributed by atoms with Crippen LogP contribution in [0.15, 0.2) is 65.5 Å². The summed E-state index contributed by atoms with van der Waals surface area (Å²) in [5.41, 5.74) is 9.09. The molecule has 7 heteroatoms. The lowest BCUT2D eigenvalue weighted by Crippen LogP contribution is -2.36. The number of anilines is 1. The molecule has 37 heavy (non-hydrogen) atoms. The highest BCUT2D eigenvalue weighted by molar-refractivity contribution is 5.89. The van der Waals surface area contributed by atoms with Gasteiger partial charge in [-0.3, -0.25) is 9.36 Å². The van der Waals surface area contributed by atoms with Crippen LogP contribution >= 0.6 is 0 Å². The quantitative estimate of drug-likeness (QED) is 0.340. The number of nitrogens with two attached hydrogens (primary N) is 1. The topological polar surface area (TPSA) is 91.6 Å². The van der Waals surface area contributed by atoms with E-state index in [-0.39, 0.29) is 5.56 Å². The summed E-state index contributed by atoms with van der Waals surface area (Å²) in [6, 6.07) is 19.7. The molecule has 1 fully saturated rings. The highest BCUT2D eigenvalue weighted by Crippen LogP contribution is 2.40. The van der Waals surface area contributed by atoms with Crippen molar-refractivity contribution in [1.82, 2.24) is 24.3 Å². The van der Waals surface area contributed by atoms with Crippen molar-refractivity contribution in [1.29, 1.82) is 0 Å². The Bertz CT molecular complexity index is 1680. The third-order valence-corrected chi connectivity index (χ3v) is 7.78. The molecule has 0 radical (unpaired) electrons. The fourth-order valence-corrected chi connectivity index (χ4v) is 5.89. The number of nitrogens with zero attached hydrogens (tertiary/aromatic N) is 5. The molecule has 6 rings (SSSR count). The molecule has 2 N–H and O–H groups in total. The van der Waals surface area contributed by atoms with Gasteiger partial charge in [-0.05, 0) is 63.3 Å². The number of para-hydroxylation sites is 1. The van der Waals surface area contributed by atoms with E-state index in [4.69, 9.17) is 15.8 Å². The number of benzene rings is 2. The van der Waals surface area contributed by atoms with Crippen LogP contribution in [0, 0.1) is 6.92 Å². The molecule has 3 aromatic heterocycles. The zero-order valence-electron chi connectivity index (χ0n) is 21.6. The summed E-state index contributed by atoms with van der Waals surface area (Å²) in [5, 5.41) is 7.66. The van der Waals surface area contributed by atoms with Gasteiger partial charge in [-0.1, -0.05) is 55.7 Å². The molecule has 0 saturated heterocycles. The van der Waals surface area contributed by atoms with E-state index >= 15 is 0 Å². The molecule has 0 unspecified atom stereocenters. The summed E-state index contributed by atoms with van der Waals surface area (Å²) in [7, 11) is 0. The van der Waals surface area contributed by atoms with Crippen molar-refractivity contribution in [2.45, 2.75) is 64.3 Å². The van der Waals surface area contributed by atoms with E-state index in [1.807, 2.05) is 70.8 Å². The molecule has 3 heterocycles. The Morgan fingerprint density at radius 1 is 0.946 bits per heavy atom. The van der Waals surface area contributed by atoms with Crippen molar-refractivity contribution >= 4 is 27.6 Å². The Hall–Kier alpha value is -4.00. The van der Waals surface area contributed by atoms with E-state index in [2.05, 4.69) is 24.9 Å². The van der Waals surface area contributed by atoms with E-state index < -0.39 is 5.54 Å². The van der Waals surface area contributed by atoms with Gasteiger partial charge in [0.15, 0.2) is 5.65 Å². The first-order chi connectivity index (χ1) is 17.9. The number of aryl methyl sites for hydroxylation is 1. The highest BCUT2D eigenvalue weighted by atomic mass is 16.1. The first-order valence-electron chi connectivity index (χ1n) is 13.1. The third-order valence-electron chi connectivity index (χ3n) is 7.78. The SMILES string of the molecule is Cc1nc(N)c2c(C3CCCCC3)nn(C(C)(C)c3cc4ccccc4c(=O)n3-c3ccccc3)c2n1. The summed E-state index contributed by atoms with van der Waals surface area (Å²) < 4.78 is 3.79. The molecule has 2 aromatic carbocycles. The predicted octanol–water partition coefficient (Wildman–Crippen LogP) is 5.85. The second-order valence-electron chi connectivity index (χ2n) is 10.6. The van der Waals surface area contributed by atoms with Crippen LogP contribution in [0.2, 0.25) is 0 Å². The van der Waals surface area contributed by atoms with E-state index in [9.17, 15) is 4.79 Å². The fourth-order valence-electron chi connectivity index (χ4n) is 5.89. The second-order valence-corrected chi connectivity index (χ2v) is 10.6. The molecular weight excluding hydrogens is 460 g/mol. The van der Waals surface area contributed by atoms with Gasteiger partial charge < -0.3 is 5.73 Å². The summed E-state index contributed by atoms with van der Waals surface area (Å²) in [5.74, 6) is 1.41. The van der Waals surface area contributed by atoms with Gasteiger partial charge in [0.25, 0.3) is 5.56 Å². The summed E-state index contributed by atoms with van der Waals surface area (Å²) in [6.07, 6.45) is 5.81. The number of fused-ring (bicyclic) bond motifs is 2. The maximum absolute atomic E-state index is 13.9. The van der Waals surface area contributed by atoms with Crippen LogP contribution in [0.5, 0.6) is 0 Å². The van der Waals surface area contributed by atoms with E-state index in [1.165, 1.54) is 19.3 Å². The summed E-state index contributed by atoms with van der Waals surface area (Å²) >= 11 is 0. The number of pyridine rings is 1. The minimum atomic E-state index is -0.725. The Morgan fingerprint density at radius 2 is 1.65 bits per heavy atom. The van der Waals surface area contributed by atoms with Crippen molar-refractivity contribution < 1.29 is 0 Å². The van der Waals surface area contributed by atoms with Crippen LogP contribution in [-0.4, -0.2) is 24.3 Å². The van der Waals surface area contributed by atoms with Crippen molar-refractivity contribution in [2.75, 3.05) is 5.73 Å². The Labute approximate surface area is 216 Å². The normalized spacial score (nSPS) is 15.0. The molecule has 1 aliphatic rings. The summed E-state index contributed by atoms with van der Waals surface area (Å²) in [6.45, 7) is 6.05. The van der Waals surface area contributed by atoms with Crippen molar-refractivity contribution in [2.24, 2.45) is 0 Å². The number of hydrogen-bond acceptors (Lipinski definition) is 5. The minimum absolute atomic E-state index is 0.0540. The van der Waals surface area contributed by atoms with Crippen molar-refractivity contribution in [3.63, 3.8) is 0 Å². The Kier molecular flexibility index (Phi) is 5.59. The first kappa shape index (κ1) is 23.4. The standard InChI is InChI=1S/C30H32N6O/c1-19-32-27(31)25-26(20-12-6-4-7-13-20)34-36(28(25)33-19)30(2,3)24-18-21-14-10-11-17-23(21)29(37)35(24)22-15-8-5-9-16-22/h5,8-11,14-18,20H,4,6-7,12-13H2,1-3H3,(H2,31,32,33). The van der Waals surface area contributed by atoms with Crippen LogP contribution in [0.3, 0.4) is 0 Å². The molecular formula is C30H32N6O. The van der Waals surface area contributed by atoms with Crippen molar-refractivity contribution in [3.05, 3.63) is 88.2 Å². The number of hydrogen-bond donors (Lipinski definition) is 1. The van der Waals surface area contributed by atoms with Crippen LogP contribution in [-0.2, 0) is 5.54 Å². The van der Waals surface area contributed by atoms with Gasteiger partial charge in [-0.2, -0.15) is 5.10 Å². The largest absolute Gasteiger partial charge is 0.383 e. The van der Waals surface area contributed by atoms with Crippen LogP contribution in [0.4, 0.5) is 5.82 Å². The molecule has 0 atom stereocenters. The molecule has 5 aromatic rings. The molecule has 0 amide bonds. The van der Waals surface area contributed by atoms with E-state index in [0.29, 0.717) is 22.9 Å². The first-order valence-corrected chi connectivity index (χ1v) is 13.1. The van der Waals surface area contributed by atoms with Gasteiger partial charge in [0, 0.05) is 17.0 Å². The lowest BCUT2D eigenvalue weighted by atomic mass is 9.86. The lowest BCUT2D eigenvalue weighted by molar-refractivity contribution is 0.369. The summed E-state index contributed by atoms with van der Waals surface area (Å²) in [4.78, 5) is 23.3. The zero-order chi connectivity index (χ0) is 25.7. The number of nitrogen functional groups attached to an aromatic ring is 1. The smallest absolute Gasteiger partial charge is 0.263 e. The van der Waals surface area contributed by atoms with Gasteiger partial charge in [-0.25, -0.2) is 14.6 Å². The highest BCUT2D eigenvalue weighted by Gasteiger charge is 2.34. The third kappa shape index (κ3) is 3.80. The lowest BCUT2D eigenvalue weighted by Gasteiger charge is -2.30. The molecule has 0 bridgehead atoms. The van der Waals surface area contributed by atoms with Crippen molar-refractivity contribution in [3.8, 4) is 5.69 Å². The molecule has 1 aliphatic carbocycles. The van der Waals surface area contributed by atoms with Gasteiger partial charge in [-0.15, -0.1) is 0 Å². The van der Waals surface area contributed by atoms with E-state index in [0.717, 1.165) is 46.3 Å².